The topological polar surface area (TPSA) is 81.7 Å². The van der Waals surface area contributed by atoms with Crippen molar-refractivity contribution in [2.45, 2.75) is 40.7 Å². The number of esters is 1. The molecule has 1 amide bonds. The quantitative estimate of drug-likeness (QED) is 0.581. The molecule has 0 heterocycles. The van der Waals surface area contributed by atoms with E-state index >= 15 is 0 Å². The molecule has 6 nitrogen and oxygen atoms in total. The average molecular weight is 383 g/mol. The number of ether oxygens (including phenoxy) is 2. The van der Waals surface area contributed by atoms with Gasteiger partial charge in [0, 0.05) is 5.56 Å². The minimum Gasteiger partial charge on any atom is -0.481 e. The van der Waals surface area contributed by atoms with E-state index in [1.165, 1.54) is 13.8 Å². The maximum atomic E-state index is 12.3. The van der Waals surface area contributed by atoms with Crippen molar-refractivity contribution in [1.29, 1.82) is 0 Å². The molecule has 0 aromatic heterocycles. The normalized spacial score (nSPS) is 11.5. The van der Waals surface area contributed by atoms with Gasteiger partial charge in [-0.3, -0.25) is 9.59 Å². The van der Waals surface area contributed by atoms with E-state index in [4.69, 9.17) is 9.47 Å². The number of aryl methyl sites for hydroxylation is 3. The maximum absolute atomic E-state index is 12.3. The summed E-state index contributed by atoms with van der Waals surface area (Å²) in [5, 5.41) is 2.62. The summed E-state index contributed by atoms with van der Waals surface area (Å²) in [4.78, 5) is 36.0. The summed E-state index contributed by atoms with van der Waals surface area (Å²) in [6.07, 6.45) is -1.03. The zero-order chi connectivity index (χ0) is 20.8. The molecule has 0 bridgehead atoms. The molecule has 6 heteroatoms. The minimum absolute atomic E-state index is 0.169. The molecule has 0 aliphatic rings. The number of hydrogen-bond acceptors (Lipinski definition) is 5. The Kier molecular flexibility index (Phi) is 6.93. The molecule has 1 N–H and O–H groups in total. The Bertz CT molecular complexity index is 881. The van der Waals surface area contributed by atoms with Gasteiger partial charge in [0.2, 0.25) is 0 Å². The van der Waals surface area contributed by atoms with E-state index in [0.29, 0.717) is 17.0 Å². The standard InChI is InChI=1S/C22H25NO5/c1-13-10-14(2)21(15(3)11-13)27-12-20(25)28-17(5)22(26)23-19-9-7-6-8-18(19)16(4)24/h6-11,17H,12H2,1-5H3,(H,23,26)/t17-/m1/s1. The first-order chi connectivity index (χ1) is 13.2. The van der Waals surface area contributed by atoms with E-state index in [9.17, 15) is 14.4 Å². The molecule has 0 fully saturated rings. The molecule has 2 aromatic rings. The van der Waals surface area contributed by atoms with E-state index < -0.39 is 18.0 Å². The summed E-state index contributed by atoms with van der Waals surface area (Å²) in [5.74, 6) is -0.709. The van der Waals surface area contributed by atoms with Crippen LogP contribution in [0, 0.1) is 20.8 Å². The number of rotatable bonds is 7. The van der Waals surface area contributed by atoms with Crippen molar-refractivity contribution >= 4 is 23.3 Å². The highest BCUT2D eigenvalue weighted by molar-refractivity contribution is 6.04. The molecule has 1 atom stereocenters. The number of hydrogen-bond donors (Lipinski definition) is 1. The fraction of sp³-hybridized carbons (Fsp3) is 0.318. The van der Waals surface area contributed by atoms with Crippen molar-refractivity contribution in [3.8, 4) is 5.75 Å². The third-order valence-corrected chi connectivity index (χ3v) is 4.18. The Morgan fingerprint density at radius 2 is 1.64 bits per heavy atom. The molecule has 0 aliphatic carbocycles. The number of benzene rings is 2. The van der Waals surface area contributed by atoms with E-state index in [1.807, 2.05) is 32.9 Å². The van der Waals surface area contributed by atoms with Gasteiger partial charge in [0.1, 0.15) is 5.75 Å². The predicted octanol–water partition coefficient (Wildman–Crippen LogP) is 3.76. The molecule has 0 unspecified atom stereocenters. The van der Waals surface area contributed by atoms with Crippen molar-refractivity contribution in [2.75, 3.05) is 11.9 Å². The van der Waals surface area contributed by atoms with Crippen LogP contribution in [-0.2, 0) is 14.3 Å². The highest BCUT2D eigenvalue weighted by Gasteiger charge is 2.20. The number of ketones is 1. The Labute approximate surface area is 164 Å². The third kappa shape index (κ3) is 5.42. The third-order valence-electron chi connectivity index (χ3n) is 4.18. The Morgan fingerprint density at radius 1 is 1.04 bits per heavy atom. The Morgan fingerprint density at radius 3 is 2.25 bits per heavy atom. The van der Waals surface area contributed by atoms with Gasteiger partial charge in [-0.2, -0.15) is 0 Å². The summed E-state index contributed by atoms with van der Waals surface area (Å²) in [7, 11) is 0. The first-order valence-electron chi connectivity index (χ1n) is 9.00. The summed E-state index contributed by atoms with van der Waals surface area (Å²) in [5.41, 5.74) is 3.74. The minimum atomic E-state index is -1.03. The van der Waals surface area contributed by atoms with Crippen LogP contribution >= 0.6 is 0 Å². The molecule has 0 saturated heterocycles. The second kappa shape index (κ2) is 9.17. The molecule has 0 saturated carbocycles. The Hall–Kier alpha value is -3.15. The number of carbonyl (C=O) groups is 3. The van der Waals surface area contributed by atoms with Gasteiger partial charge in [-0.1, -0.05) is 29.8 Å². The van der Waals surface area contributed by atoms with Crippen molar-refractivity contribution in [3.05, 3.63) is 58.7 Å². The van der Waals surface area contributed by atoms with E-state index in [2.05, 4.69) is 5.32 Å². The smallest absolute Gasteiger partial charge is 0.344 e. The van der Waals surface area contributed by atoms with Gasteiger partial charge < -0.3 is 14.8 Å². The van der Waals surface area contributed by atoms with Crippen molar-refractivity contribution < 1.29 is 23.9 Å². The number of Topliss-reactive ketones (excluding diaryl/α,β-unsaturated/α-hetero) is 1. The van der Waals surface area contributed by atoms with Crippen molar-refractivity contribution in [1.82, 2.24) is 0 Å². The lowest BCUT2D eigenvalue weighted by Crippen LogP contribution is -2.32. The zero-order valence-electron chi connectivity index (χ0n) is 16.8. The number of nitrogens with one attached hydrogen (secondary N) is 1. The first-order valence-corrected chi connectivity index (χ1v) is 9.00. The molecule has 148 valence electrons. The average Bonchev–Trinajstić information content (AvgIpc) is 2.60. The number of para-hydroxylation sites is 1. The van der Waals surface area contributed by atoms with Crippen LogP contribution in [0.4, 0.5) is 5.69 Å². The number of carbonyl (C=O) groups excluding carboxylic acids is 3. The SMILES string of the molecule is CC(=O)c1ccccc1NC(=O)[C@@H](C)OC(=O)COc1c(C)cc(C)cc1C. The molecule has 2 aromatic carbocycles. The van der Waals surface area contributed by atoms with Crippen LogP contribution in [0.5, 0.6) is 5.75 Å². The maximum Gasteiger partial charge on any atom is 0.344 e. The molecule has 0 radical (unpaired) electrons. The molecular weight excluding hydrogens is 358 g/mol. The van der Waals surface area contributed by atoms with Gasteiger partial charge >= 0.3 is 5.97 Å². The summed E-state index contributed by atoms with van der Waals surface area (Å²) < 4.78 is 10.7. The molecule has 0 spiro atoms. The van der Waals surface area contributed by atoms with Crippen molar-refractivity contribution in [3.63, 3.8) is 0 Å². The van der Waals surface area contributed by atoms with Crippen LogP contribution in [-0.4, -0.2) is 30.4 Å². The van der Waals surface area contributed by atoms with E-state index in [0.717, 1.165) is 16.7 Å². The summed E-state index contributed by atoms with van der Waals surface area (Å²) >= 11 is 0. The van der Waals surface area contributed by atoms with Crippen LogP contribution < -0.4 is 10.1 Å². The Balaban J connectivity index is 1.94. The fourth-order valence-electron chi connectivity index (χ4n) is 2.94. The lowest BCUT2D eigenvalue weighted by molar-refractivity contribution is -0.155. The largest absolute Gasteiger partial charge is 0.481 e. The molecular formula is C22H25NO5. The predicted molar refractivity (Wildman–Crippen MR) is 107 cm³/mol. The summed E-state index contributed by atoms with van der Waals surface area (Å²) in [6, 6.07) is 10.6. The van der Waals surface area contributed by atoms with Crippen LogP contribution in [0.15, 0.2) is 36.4 Å². The van der Waals surface area contributed by atoms with Crippen LogP contribution in [0.1, 0.15) is 40.9 Å². The zero-order valence-corrected chi connectivity index (χ0v) is 16.8. The lowest BCUT2D eigenvalue weighted by atomic mass is 10.1. The second-order valence-electron chi connectivity index (χ2n) is 6.74. The highest BCUT2D eigenvalue weighted by Crippen LogP contribution is 2.24. The lowest BCUT2D eigenvalue weighted by Gasteiger charge is -2.16. The number of anilines is 1. The van der Waals surface area contributed by atoms with Gasteiger partial charge in [-0.05, 0) is 57.9 Å². The summed E-state index contributed by atoms with van der Waals surface area (Å²) in [6.45, 7) is 8.38. The van der Waals surface area contributed by atoms with E-state index in [-0.39, 0.29) is 12.4 Å². The van der Waals surface area contributed by atoms with Gasteiger partial charge in [0.15, 0.2) is 18.5 Å². The van der Waals surface area contributed by atoms with Gasteiger partial charge in [-0.25, -0.2) is 4.79 Å². The molecule has 0 aliphatic heterocycles. The molecule has 28 heavy (non-hydrogen) atoms. The van der Waals surface area contributed by atoms with Crippen LogP contribution in [0.25, 0.3) is 0 Å². The highest BCUT2D eigenvalue weighted by atomic mass is 16.6. The second-order valence-corrected chi connectivity index (χ2v) is 6.74. The van der Waals surface area contributed by atoms with Gasteiger partial charge in [0.25, 0.3) is 5.91 Å². The fourth-order valence-corrected chi connectivity index (χ4v) is 2.94. The molecule has 2 rings (SSSR count). The van der Waals surface area contributed by atoms with Crippen LogP contribution in [0.2, 0.25) is 0 Å². The van der Waals surface area contributed by atoms with Crippen molar-refractivity contribution in [2.24, 2.45) is 0 Å². The van der Waals surface area contributed by atoms with Gasteiger partial charge in [0.05, 0.1) is 5.69 Å². The number of amides is 1. The van der Waals surface area contributed by atoms with Gasteiger partial charge in [-0.15, -0.1) is 0 Å². The van der Waals surface area contributed by atoms with Crippen LogP contribution in [0.3, 0.4) is 0 Å². The first kappa shape index (κ1) is 21.2. The van der Waals surface area contributed by atoms with E-state index in [1.54, 1.807) is 24.3 Å². The monoisotopic (exact) mass is 383 g/mol.